The highest BCUT2D eigenvalue weighted by Gasteiger charge is 2.07. The lowest BCUT2D eigenvalue weighted by Gasteiger charge is -2.04. The summed E-state index contributed by atoms with van der Waals surface area (Å²) in [7, 11) is -0.998. The molecule has 13 heavy (non-hydrogen) atoms. The molecule has 0 heterocycles. The minimum atomic E-state index is -0.998. The average molecular weight is 193 g/mol. The summed E-state index contributed by atoms with van der Waals surface area (Å²) in [5.74, 6) is 0. The molecule has 1 aromatic carbocycles. The van der Waals surface area contributed by atoms with Crippen LogP contribution in [0.2, 0.25) is 0 Å². The van der Waals surface area contributed by atoms with Gasteiger partial charge in [-0.15, -0.1) is 0 Å². The summed E-state index contributed by atoms with van der Waals surface area (Å²) in [6, 6.07) is 8.96. The Morgan fingerprint density at radius 2 is 2.15 bits per heavy atom. The van der Waals surface area contributed by atoms with Crippen molar-refractivity contribution in [1.29, 1.82) is 5.26 Å². The van der Waals surface area contributed by atoms with Gasteiger partial charge in [-0.25, -0.2) is 0 Å². The van der Waals surface area contributed by atoms with Crippen molar-refractivity contribution < 1.29 is 4.21 Å². The molecule has 0 aliphatic rings. The highest BCUT2D eigenvalue weighted by Crippen LogP contribution is 2.12. The normalized spacial score (nSPS) is 12.5. The number of rotatable bonds is 2. The van der Waals surface area contributed by atoms with Crippen molar-refractivity contribution in [2.45, 2.75) is 24.0 Å². The van der Waals surface area contributed by atoms with Gasteiger partial charge in [-0.05, 0) is 18.2 Å². The number of hydrogen-bond donors (Lipinski definition) is 0. The van der Waals surface area contributed by atoms with Crippen LogP contribution in [0.1, 0.15) is 19.4 Å². The first-order valence-electron chi connectivity index (χ1n) is 4.06. The van der Waals surface area contributed by atoms with Crippen LogP contribution >= 0.6 is 0 Å². The molecule has 0 bridgehead atoms. The Kier molecular flexibility index (Phi) is 3.21. The van der Waals surface area contributed by atoms with E-state index in [-0.39, 0.29) is 5.25 Å². The zero-order chi connectivity index (χ0) is 9.84. The second-order valence-corrected chi connectivity index (χ2v) is 4.99. The number of hydrogen-bond acceptors (Lipinski definition) is 2. The number of nitrogens with zero attached hydrogens (tertiary/aromatic N) is 1. The first kappa shape index (κ1) is 9.94. The fraction of sp³-hybridized carbons (Fsp3) is 0.300. The molecule has 1 unspecified atom stereocenters. The van der Waals surface area contributed by atoms with Gasteiger partial charge in [-0.3, -0.25) is 4.21 Å². The molecule has 0 aliphatic carbocycles. The van der Waals surface area contributed by atoms with Crippen LogP contribution in [0.5, 0.6) is 0 Å². The Morgan fingerprint density at radius 1 is 1.46 bits per heavy atom. The van der Waals surface area contributed by atoms with Crippen molar-refractivity contribution in [3.8, 4) is 6.07 Å². The van der Waals surface area contributed by atoms with Crippen LogP contribution < -0.4 is 0 Å². The lowest BCUT2D eigenvalue weighted by Crippen LogP contribution is -2.05. The van der Waals surface area contributed by atoms with Gasteiger partial charge in [-0.1, -0.05) is 19.9 Å². The van der Waals surface area contributed by atoms with Gasteiger partial charge in [0, 0.05) is 10.1 Å². The molecule has 0 N–H and O–H groups in total. The van der Waals surface area contributed by atoms with Gasteiger partial charge >= 0.3 is 0 Å². The van der Waals surface area contributed by atoms with Gasteiger partial charge in [0.1, 0.15) is 0 Å². The van der Waals surface area contributed by atoms with Crippen LogP contribution in [0.15, 0.2) is 29.2 Å². The molecule has 0 aromatic heterocycles. The van der Waals surface area contributed by atoms with Gasteiger partial charge in [0.05, 0.1) is 22.4 Å². The van der Waals surface area contributed by atoms with Crippen LogP contribution in [-0.4, -0.2) is 9.46 Å². The molecule has 3 heteroatoms. The summed E-state index contributed by atoms with van der Waals surface area (Å²) in [5, 5.41) is 8.73. The van der Waals surface area contributed by atoms with E-state index in [1.807, 2.05) is 19.9 Å². The maximum Gasteiger partial charge on any atom is 0.0992 e. The smallest absolute Gasteiger partial charge is 0.0992 e. The van der Waals surface area contributed by atoms with Crippen molar-refractivity contribution in [1.82, 2.24) is 0 Å². The monoisotopic (exact) mass is 193 g/mol. The van der Waals surface area contributed by atoms with E-state index in [0.29, 0.717) is 5.56 Å². The molecule has 2 nitrogen and oxygen atoms in total. The Balaban J connectivity index is 3.04. The van der Waals surface area contributed by atoms with Gasteiger partial charge in [0.15, 0.2) is 0 Å². The van der Waals surface area contributed by atoms with E-state index in [0.717, 1.165) is 4.90 Å². The molecule has 0 fully saturated rings. The van der Waals surface area contributed by atoms with E-state index in [1.165, 1.54) is 0 Å². The standard InChI is InChI=1S/C10H11NOS/c1-8(2)13(12)10-5-3-4-9(6-10)7-11/h3-6,8H,1-2H3. The summed E-state index contributed by atoms with van der Waals surface area (Å²) in [6.07, 6.45) is 0. The summed E-state index contributed by atoms with van der Waals surface area (Å²) >= 11 is 0. The fourth-order valence-electron chi connectivity index (χ4n) is 0.963. The third-order valence-electron chi connectivity index (χ3n) is 1.62. The van der Waals surface area contributed by atoms with Crippen LogP contribution in [0, 0.1) is 11.3 Å². The molecule has 68 valence electrons. The first-order chi connectivity index (χ1) is 6.15. The Labute approximate surface area is 80.7 Å². The van der Waals surface area contributed by atoms with Crippen LogP contribution in [-0.2, 0) is 10.8 Å². The summed E-state index contributed by atoms with van der Waals surface area (Å²) < 4.78 is 11.6. The second kappa shape index (κ2) is 4.20. The predicted molar refractivity (Wildman–Crippen MR) is 52.7 cm³/mol. The fourth-order valence-corrected chi connectivity index (χ4v) is 1.96. The quantitative estimate of drug-likeness (QED) is 0.721. The Hall–Kier alpha value is -1.14. The number of nitriles is 1. The van der Waals surface area contributed by atoms with Crippen molar-refractivity contribution >= 4 is 10.8 Å². The van der Waals surface area contributed by atoms with E-state index < -0.39 is 10.8 Å². The molecule has 1 rings (SSSR count). The SMILES string of the molecule is CC(C)S(=O)c1cccc(C#N)c1. The van der Waals surface area contributed by atoms with Crippen LogP contribution in [0.25, 0.3) is 0 Å². The highest BCUT2D eigenvalue weighted by molar-refractivity contribution is 7.85. The molecule has 0 saturated carbocycles. The maximum atomic E-state index is 11.6. The van der Waals surface area contributed by atoms with E-state index >= 15 is 0 Å². The van der Waals surface area contributed by atoms with Gasteiger partial charge in [-0.2, -0.15) is 5.26 Å². The molecule has 0 radical (unpaired) electrons. The summed E-state index contributed by atoms with van der Waals surface area (Å²) in [6.45, 7) is 3.80. The molecule has 0 aliphatic heterocycles. The summed E-state index contributed by atoms with van der Waals surface area (Å²) in [5.41, 5.74) is 0.562. The largest absolute Gasteiger partial charge is 0.254 e. The molecule has 1 atom stereocenters. The minimum Gasteiger partial charge on any atom is -0.254 e. The second-order valence-electron chi connectivity index (χ2n) is 2.99. The maximum absolute atomic E-state index is 11.6. The van der Waals surface area contributed by atoms with E-state index in [9.17, 15) is 4.21 Å². The van der Waals surface area contributed by atoms with Gasteiger partial charge in [0.25, 0.3) is 0 Å². The van der Waals surface area contributed by atoms with E-state index in [4.69, 9.17) is 5.26 Å². The lowest BCUT2D eigenvalue weighted by atomic mass is 10.2. The van der Waals surface area contributed by atoms with Gasteiger partial charge in [0.2, 0.25) is 0 Å². The van der Waals surface area contributed by atoms with Crippen molar-refractivity contribution in [3.05, 3.63) is 29.8 Å². The van der Waals surface area contributed by atoms with E-state index in [1.54, 1.807) is 24.3 Å². The third-order valence-corrected chi connectivity index (χ3v) is 3.20. The lowest BCUT2D eigenvalue weighted by molar-refractivity contribution is 0.676. The zero-order valence-electron chi connectivity index (χ0n) is 7.65. The van der Waals surface area contributed by atoms with Gasteiger partial charge < -0.3 is 0 Å². The Bertz CT molecular complexity index is 365. The summed E-state index contributed by atoms with van der Waals surface area (Å²) in [4.78, 5) is 0.731. The minimum absolute atomic E-state index is 0.0916. The number of benzene rings is 1. The van der Waals surface area contributed by atoms with Crippen molar-refractivity contribution in [2.24, 2.45) is 0 Å². The molecular formula is C10H11NOS. The molecule has 0 spiro atoms. The first-order valence-corrected chi connectivity index (χ1v) is 5.27. The third kappa shape index (κ3) is 2.40. The molecular weight excluding hydrogens is 182 g/mol. The van der Waals surface area contributed by atoms with Crippen LogP contribution in [0.4, 0.5) is 0 Å². The highest BCUT2D eigenvalue weighted by atomic mass is 32.2. The Morgan fingerprint density at radius 3 is 2.69 bits per heavy atom. The predicted octanol–water partition coefficient (Wildman–Crippen LogP) is 2.07. The average Bonchev–Trinajstić information content (AvgIpc) is 2.16. The van der Waals surface area contributed by atoms with E-state index in [2.05, 4.69) is 0 Å². The van der Waals surface area contributed by atoms with Crippen molar-refractivity contribution in [2.75, 3.05) is 0 Å². The topological polar surface area (TPSA) is 40.9 Å². The van der Waals surface area contributed by atoms with Crippen LogP contribution in [0.3, 0.4) is 0 Å². The molecule has 0 amide bonds. The molecule has 1 aromatic rings. The van der Waals surface area contributed by atoms with Crippen molar-refractivity contribution in [3.63, 3.8) is 0 Å². The zero-order valence-corrected chi connectivity index (χ0v) is 8.47. The molecule has 0 saturated heterocycles.